The van der Waals surface area contributed by atoms with E-state index < -0.39 is 11.6 Å². The molecule has 29 heavy (non-hydrogen) atoms. The number of carboxylic acids is 1. The van der Waals surface area contributed by atoms with Crippen LogP contribution in [0.25, 0.3) is 0 Å². The Morgan fingerprint density at radius 1 is 1.14 bits per heavy atom. The second kappa shape index (κ2) is 8.19. The van der Waals surface area contributed by atoms with Crippen LogP contribution >= 0.6 is 0 Å². The molecule has 0 aromatic heterocycles. The maximum absolute atomic E-state index is 11.9. The van der Waals surface area contributed by atoms with Crippen LogP contribution in [0.3, 0.4) is 0 Å². The molecule has 0 amide bonds. The van der Waals surface area contributed by atoms with Gasteiger partial charge in [-0.25, -0.2) is 4.79 Å². The second-order valence-corrected chi connectivity index (χ2v) is 8.73. The van der Waals surface area contributed by atoms with Crippen LogP contribution in [-0.4, -0.2) is 35.6 Å². The third kappa shape index (κ3) is 3.66. The quantitative estimate of drug-likeness (QED) is 0.779. The van der Waals surface area contributed by atoms with Gasteiger partial charge in [0, 0.05) is 18.4 Å². The van der Waals surface area contributed by atoms with Gasteiger partial charge in [-0.05, 0) is 49.5 Å². The van der Waals surface area contributed by atoms with Crippen molar-refractivity contribution in [2.75, 3.05) is 19.6 Å². The predicted molar refractivity (Wildman–Crippen MR) is 114 cm³/mol. The highest BCUT2D eigenvalue weighted by Gasteiger charge is 2.49. The van der Waals surface area contributed by atoms with E-state index in [9.17, 15) is 9.90 Å². The summed E-state index contributed by atoms with van der Waals surface area (Å²) in [6.45, 7) is 7.76. The first-order valence-electron chi connectivity index (χ1n) is 10.8. The van der Waals surface area contributed by atoms with E-state index in [0.717, 1.165) is 37.2 Å². The Kier molecular flexibility index (Phi) is 5.64. The molecule has 0 radical (unpaired) electrons. The van der Waals surface area contributed by atoms with Crippen molar-refractivity contribution in [1.29, 1.82) is 0 Å². The van der Waals surface area contributed by atoms with Crippen LogP contribution in [0.4, 0.5) is 0 Å². The number of nitrogens with zero attached hydrogens (tertiary/aromatic N) is 1. The normalized spacial score (nSPS) is 25.7. The Morgan fingerprint density at radius 2 is 1.86 bits per heavy atom. The molecular formula is C25H31NO3. The van der Waals surface area contributed by atoms with E-state index in [1.54, 1.807) is 6.07 Å². The molecule has 1 saturated heterocycles. The predicted octanol–water partition coefficient (Wildman–Crippen LogP) is 4.97. The molecule has 4 nitrogen and oxygen atoms in total. The Labute approximate surface area is 173 Å². The van der Waals surface area contributed by atoms with Gasteiger partial charge in [0.15, 0.2) is 0 Å². The number of piperidine rings is 1. The average molecular weight is 394 g/mol. The number of fused-ring (bicyclic) bond motifs is 1. The molecule has 0 aliphatic carbocycles. The topological polar surface area (TPSA) is 49.8 Å². The van der Waals surface area contributed by atoms with E-state index in [1.807, 2.05) is 18.2 Å². The number of benzene rings is 2. The highest BCUT2D eigenvalue weighted by atomic mass is 16.5. The van der Waals surface area contributed by atoms with Gasteiger partial charge in [0.2, 0.25) is 0 Å². The van der Waals surface area contributed by atoms with Crippen molar-refractivity contribution in [2.24, 2.45) is 11.8 Å². The van der Waals surface area contributed by atoms with Crippen molar-refractivity contribution in [3.8, 4) is 5.75 Å². The SMILES string of the molecule is CC1Cc2cccc(C(=O)O)c2OC1(c1ccccc1)C(C)CN1CCCCC1. The summed E-state index contributed by atoms with van der Waals surface area (Å²) < 4.78 is 6.81. The van der Waals surface area contributed by atoms with E-state index in [0.29, 0.717) is 5.75 Å². The van der Waals surface area contributed by atoms with Crippen LogP contribution < -0.4 is 4.74 Å². The molecule has 2 aliphatic rings. The number of carboxylic acid groups (broad SMARTS) is 1. The lowest BCUT2D eigenvalue weighted by Gasteiger charge is -2.49. The Balaban J connectivity index is 1.77. The molecule has 2 aromatic rings. The number of rotatable bonds is 5. The first-order valence-corrected chi connectivity index (χ1v) is 10.8. The molecule has 0 saturated carbocycles. The van der Waals surface area contributed by atoms with Crippen LogP contribution in [0.1, 0.15) is 54.6 Å². The second-order valence-electron chi connectivity index (χ2n) is 8.73. The van der Waals surface area contributed by atoms with Crippen LogP contribution in [0.15, 0.2) is 48.5 Å². The number of hydrogen-bond acceptors (Lipinski definition) is 3. The van der Waals surface area contributed by atoms with E-state index in [4.69, 9.17) is 4.74 Å². The summed E-state index contributed by atoms with van der Waals surface area (Å²) in [5.74, 6) is 0.0868. The highest BCUT2D eigenvalue weighted by Crippen LogP contribution is 2.49. The molecule has 4 heteroatoms. The summed E-state index contributed by atoms with van der Waals surface area (Å²) in [7, 11) is 0. The molecule has 0 bridgehead atoms. The van der Waals surface area contributed by atoms with Crippen molar-refractivity contribution in [2.45, 2.75) is 45.1 Å². The van der Waals surface area contributed by atoms with Crippen LogP contribution in [0, 0.1) is 11.8 Å². The molecule has 1 N–H and O–H groups in total. The van der Waals surface area contributed by atoms with E-state index in [2.05, 4.69) is 43.0 Å². The third-order valence-corrected chi connectivity index (χ3v) is 6.79. The fourth-order valence-corrected chi connectivity index (χ4v) is 5.36. The van der Waals surface area contributed by atoms with Gasteiger partial charge in [-0.3, -0.25) is 0 Å². The summed E-state index contributed by atoms with van der Waals surface area (Å²) in [6.07, 6.45) is 4.65. The molecule has 2 aromatic carbocycles. The van der Waals surface area contributed by atoms with E-state index in [-0.39, 0.29) is 17.4 Å². The Morgan fingerprint density at radius 3 is 2.55 bits per heavy atom. The number of hydrogen-bond donors (Lipinski definition) is 1. The smallest absolute Gasteiger partial charge is 0.339 e. The largest absolute Gasteiger partial charge is 0.481 e. The average Bonchev–Trinajstić information content (AvgIpc) is 2.74. The Bertz CT molecular complexity index is 860. The maximum Gasteiger partial charge on any atom is 0.339 e. The van der Waals surface area contributed by atoms with Gasteiger partial charge in [0.1, 0.15) is 16.9 Å². The number of para-hydroxylation sites is 1. The zero-order valence-corrected chi connectivity index (χ0v) is 17.4. The van der Waals surface area contributed by atoms with Gasteiger partial charge in [-0.15, -0.1) is 0 Å². The van der Waals surface area contributed by atoms with Crippen LogP contribution in [-0.2, 0) is 12.0 Å². The van der Waals surface area contributed by atoms with E-state index in [1.165, 1.54) is 19.3 Å². The summed E-state index contributed by atoms with van der Waals surface area (Å²) in [4.78, 5) is 14.4. The number of aromatic carboxylic acids is 1. The molecule has 4 rings (SSSR count). The number of likely N-dealkylation sites (tertiary alicyclic amines) is 1. The van der Waals surface area contributed by atoms with Crippen molar-refractivity contribution < 1.29 is 14.6 Å². The molecule has 3 unspecified atom stereocenters. The van der Waals surface area contributed by atoms with Gasteiger partial charge in [-0.1, -0.05) is 62.7 Å². The molecule has 154 valence electrons. The van der Waals surface area contributed by atoms with Gasteiger partial charge in [0.05, 0.1) is 0 Å². The minimum atomic E-state index is -0.929. The van der Waals surface area contributed by atoms with Crippen molar-refractivity contribution >= 4 is 5.97 Å². The lowest BCUT2D eigenvalue weighted by atomic mass is 9.69. The maximum atomic E-state index is 11.9. The first kappa shape index (κ1) is 20.0. The molecule has 0 spiro atoms. The number of carbonyl (C=O) groups is 1. The third-order valence-electron chi connectivity index (χ3n) is 6.79. The fourth-order valence-electron chi connectivity index (χ4n) is 5.36. The molecular weight excluding hydrogens is 362 g/mol. The van der Waals surface area contributed by atoms with E-state index >= 15 is 0 Å². The molecule has 1 fully saturated rings. The molecule has 3 atom stereocenters. The fraction of sp³-hybridized carbons (Fsp3) is 0.480. The van der Waals surface area contributed by atoms with Crippen LogP contribution in [0.2, 0.25) is 0 Å². The summed E-state index contributed by atoms with van der Waals surface area (Å²) in [6, 6.07) is 15.9. The molecule has 2 heterocycles. The van der Waals surface area contributed by atoms with Gasteiger partial charge >= 0.3 is 5.97 Å². The van der Waals surface area contributed by atoms with Gasteiger partial charge in [-0.2, -0.15) is 0 Å². The lowest BCUT2D eigenvalue weighted by molar-refractivity contribution is -0.0639. The van der Waals surface area contributed by atoms with Crippen molar-refractivity contribution in [3.05, 3.63) is 65.2 Å². The lowest BCUT2D eigenvalue weighted by Crippen LogP contribution is -2.52. The summed E-state index contributed by atoms with van der Waals surface area (Å²) in [5, 5.41) is 9.76. The van der Waals surface area contributed by atoms with Gasteiger partial charge in [0.25, 0.3) is 0 Å². The molecule has 2 aliphatic heterocycles. The zero-order valence-electron chi connectivity index (χ0n) is 17.4. The monoisotopic (exact) mass is 393 g/mol. The van der Waals surface area contributed by atoms with Crippen molar-refractivity contribution in [1.82, 2.24) is 4.90 Å². The first-order chi connectivity index (χ1) is 14.0. The zero-order chi connectivity index (χ0) is 20.4. The number of ether oxygens (including phenoxy) is 1. The van der Waals surface area contributed by atoms with Gasteiger partial charge < -0.3 is 14.7 Å². The minimum Gasteiger partial charge on any atom is -0.481 e. The Hall–Kier alpha value is -2.33. The minimum absolute atomic E-state index is 0.230. The highest BCUT2D eigenvalue weighted by molar-refractivity contribution is 5.91. The standard InChI is InChI=1S/C25H31NO3/c1-18-16-20-10-9-13-22(24(27)28)23(20)29-25(18,21-11-5-3-6-12-21)19(2)17-26-14-7-4-8-15-26/h3,5-6,9-13,18-19H,4,7-8,14-17H2,1-2H3,(H,27,28). The summed E-state index contributed by atoms with van der Waals surface area (Å²) in [5.41, 5.74) is 1.86. The van der Waals surface area contributed by atoms with Crippen molar-refractivity contribution in [3.63, 3.8) is 0 Å². The summed E-state index contributed by atoms with van der Waals surface area (Å²) >= 11 is 0. The van der Waals surface area contributed by atoms with Crippen LogP contribution in [0.5, 0.6) is 5.75 Å².